The van der Waals surface area contributed by atoms with Crippen LogP contribution in [0.2, 0.25) is 0 Å². The number of aromatic hydroxyl groups is 1. The average molecular weight is 901 g/mol. The van der Waals surface area contributed by atoms with Gasteiger partial charge in [0, 0.05) is 37.0 Å². The van der Waals surface area contributed by atoms with Gasteiger partial charge in [-0.15, -0.1) is 0 Å². The van der Waals surface area contributed by atoms with Gasteiger partial charge >= 0.3 is 5.97 Å². The number of ether oxygens (including phenoxy) is 1. The van der Waals surface area contributed by atoms with Crippen molar-refractivity contribution in [3.63, 3.8) is 0 Å². The number of esters is 1. The Morgan fingerprint density at radius 3 is 1.30 bits per heavy atom. The van der Waals surface area contributed by atoms with Crippen molar-refractivity contribution in [1.82, 2.24) is 29.4 Å². The fourth-order valence-corrected chi connectivity index (χ4v) is 10.5. The highest BCUT2D eigenvalue weighted by atomic mass is 16.5. The van der Waals surface area contributed by atoms with E-state index in [0.29, 0.717) is 13.1 Å². The molecule has 0 spiro atoms. The lowest BCUT2D eigenvalue weighted by atomic mass is 9.81. The van der Waals surface area contributed by atoms with Crippen LogP contribution in [0.15, 0.2) is 119 Å². The van der Waals surface area contributed by atoms with E-state index in [1.807, 2.05) is 52.0 Å². The van der Waals surface area contributed by atoms with Crippen molar-refractivity contribution in [2.24, 2.45) is 5.92 Å². The number of hydrogen-bond donors (Lipinski definition) is 1. The van der Waals surface area contributed by atoms with Crippen LogP contribution >= 0.6 is 0 Å². The van der Waals surface area contributed by atoms with Gasteiger partial charge in [-0.05, 0) is 97.9 Å². The summed E-state index contributed by atoms with van der Waals surface area (Å²) in [4.78, 5) is 67.9. The van der Waals surface area contributed by atoms with E-state index in [-0.39, 0.29) is 65.0 Å². The van der Waals surface area contributed by atoms with E-state index in [4.69, 9.17) is 4.74 Å². The molecule has 4 aliphatic rings. The lowest BCUT2D eigenvalue weighted by Gasteiger charge is -2.41. The van der Waals surface area contributed by atoms with Crippen molar-refractivity contribution >= 4 is 17.8 Å². The Labute approximate surface area is 389 Å². The van der Waals surface area contributed by atoms with Crippen LogP contribution in [0.4, 0.5) is 0 Å². The van der Waals surface area contributed by atoms with Gasteiger partial charge in [0.25, 0.3) is 11.8 Å². The lowest BCUT2D eigenvalue weighted by molar-refractivity contribution is -0.137. The van der Waals surface area contributed by atoms with Crippen LogP contribution in [0.5, 0.6) is 11.5 Å². The van der Waals surface area contributed by atoms with Gasteiger partial charge in [0.05, 0.1) is 30.4 Å². The molecule has 10 rings (SSSR count). The Bertz CT molecular complexity index is 2930. The maximum atomic E-state index is 13.7. The molecule has 0 fully saturated rings. The van der Waals surface area contributed by atoms with Gasteiger partial charge in [-0.2, -0.15) is 10.2 Å². The summed E-state index contributed by atoms with van der Waals surface area (Å²) in [5.74, 6) is -2.64. The Balaban J connectivity index is 0.000000170. The van der Waals surface area contributed by atoms with Gasteiger partial charge < -0.3 is 19.6 Å². The van der Waals surface area contributed by atoms with Crippen molar-refractivity contribution in [2.75, 3.05) is 13.1 Å². The van der Waals surface area contributed by atoms with Gasteiger partial charge in [0.2, 0.25) is 16.6 Å². The summed E-state index contributed by atoms with van der Waals surface area (Å²) in [6, 6.07) is 33.0. The van der Waals surface area contributed by atoms with Crippen LogP contribution < -0.4 is 15.6 Å². The summed E-state index contributed by atoms with van der Waals surface area (Å²) in [6.45, 7) is 12.1. The van der Waals surface area contributed by atoms with Gasteiger partial charge in [-0.1, -0.05) is 111 Å². The fraction of sp³-hybridized carbons (Fsp3) is 0.352. The highest BCUT2D eigenvalue weighted by molar-refractivity contribution is 5.97. The molecular weight excluding hydrogens is 845 g/mol. The molecule has 6 aromatic rings. The molecule has 2 aliphatic carbocycles. The SMILES string of the molecule is CC(C)C(=O)Oc1c2n(ncc1=O)[C@@H](C1c3ccccc3CCc3ccccc31)CN(C(C)C)C2=O.CC(C)N1C[C@H](C2c3ccccc3CCc3ccccc32)n2ncc(=O)c(O)c2C1=O. The molecule has 2 aliphatic heterocycles. The Hall–Kier alpha value is -7.15. The molecule has 2 aromatic heterocycles. The maximum absolute atomic E-state index is 13.7. The first-order valence-electron chi connectivity index (χ1n) is 23.3. The molecule has 344 valence electrons. The zero-order valence-corrected chi connectivity index (χ0v) is 38.8. The van der Waals surface area contributed by atoms with Crippen LogP contribution in [-0.4, -0.2) is 77.4 Å². The number of hydrogen-bond acceptors (Lipinski definition) is 9. The summed E-state index contributed by atoms with van der Waals surface area (Å²) >= 11 is 0. The van der Waals surface area contributed by atoms with Crippen LogP contribution in [0.1, 0.15) is 131 Å². The summed E-state index contributed by atoms with van der Waals surface area (Å²) < 4.78 is 8.76. The molecule has 0 saturated heterocycles. The number of amides is 2. The number of benzene rings is 4. The third kappa shape index (κ3) is 8.14. The number of carbonyl (C=O) groups is 3. The maximum Gasteiger partial charge on any atom is 0.313 e. The van der Waals surface area contributed by atoms with Gasteiger partial charge in [0.15, 0.2) is 17.1 Å². The first-order valence-corrected chi connectivity index (χ1v) is 23.3. The van der Waals surface area contributed by atoms with E-state index >= 15 is 0 Å². The molecule has 13 heteroatoms. The molecule has 0 unspecified atom stereocenters. The molecule has 0 radical (unpaired) electrons. The predicted octanol–water partition coefficient (Wildman–Crippen LogP) is 7.43. The van der Waals surface area contributed by atoms with E-state index in [9.17, 15) is 29.1 Å². The first kappa shape index (κ1) is 45.0. The summed E-state index contributed by atoms with van der Waals surface area (Å²) in [5.41, 5.74) is 8.71. The van der Waals surface area contributed by atoms with E-state index in [1.54, 1.807) is 33.0 Å². The normalized spacial score (nSPS) is 17.9. The second-order valence-electron chi connectivity index (χ2n) is 18.8. The third-order valence-corrected chi connectivity index (χ3v) is 13.9. The minimum absolute atomic E-state index is 0.0170. The minimum atomic E-state index is -0.634. The number of rotatable bonds is 6. The molecule has 67 heavy (non-hydrogen) atoms. The number of aromatic nitrogens is 4. The van der Waals surface area contributed by atoms with E-state index in [1.165, 1.54) is 44.5 Å². The quantitative estimate of drug-likeness (QED) is 0.168. The van der Waals surface area contributed by atoms with E-state index < -0.39 is 28.5 Å². The van der Waals surface area contributed by atoms with Crippen LogP contribution in [0, 0.1) is 5.92 Å². The van der Waals surface area contributed by atoms with Gasteiger partial charge in [-0.3, -0.25) is 33.3 Å². The summed E-state index contributed by atoms with van der Waals surface area (Å²) in [6.07, 6.45) is 6.00. The lowest BCUT2D eigenvalue weighted by Crippen LogP contribution is -2.50. The second kappa shape index (κ2) is 18.3. The van der Waals surface area contributed by atoms with Gasteiger partial charge in [0.1, 0.15) is 0 Å². The highest BCUT2D eigenvalue weighted by Crippen LogP contribution is 2.46. The summed E-state index contributed by atoms with van der Waals surface area (Å²) in [5, 5.41) is 19.4. The molecule has 2 atom stereocenters. The van der Waals surface area contributed by atoms with E-state index in [2.05, 4.69) is 83.0 Å². The van der Waals surface area contributed by atoms with Crippen molar-refractivity contribution in [1.29, 1.82) is 0 Å². The van der Waals surface area contributed by atoms with Crippen molar-refractivity contribution in [2.45, 2.75) is 103 Å². The van der Waals surface area contributed by atoms with Crippen LogP contribution in [-0.2, 0) is 30.5 Å². The van der Waals surface area contributed by atoms with E-state index in [0.717, 1.165) is 38.1 Å². The standard InChI is InChI=1S/C29H31N3O4.C25H25N3O3/c1-17(2)29(35)36-27-24(33)15-30-32-23(16-31(18(3)4)28(34)26(27)32)25-21-11-7-5-9-19(21)13-14-20-10-6-8-12-22(20)25;1-15(2)27-14-20(28-23(25(27)31)24(30)21(29)13-26-28)22-18-9-5-3-7-16(18)11-12-17-8-4-6-10-19(17)22/h5-12,15,17-18,23,25H,13-14,16H2,1-4H3;3-10,13,15,20,22,30H,11-12,14H2,1-2H3/t23-;20-/m11/s1. The highest BCUT2D eigenvalue weighted by Gasteiger charge is 2.44. The number of nitrogens with zero attached hydrogens (tertiary/aromatic N) is 6. The number of carbonyl (C=O) groups excluding carboxylic acids is 3. The predicted molar refractivity (Wildman–Crippen MR) is 254 cm³/mol. The number of fused-ring (bicyclic) bond motifs is 6. The molecule has 0 bridgehead atoms. The third-order valence-electron chi connectivity index (χ3n) is 13.9. The topological polar surface area (TPSA) is 157 Å². The Morgan fingerprint density at radius 2 is 0.910 bits per heavy atom. The zero-order valence-electron chi connectivity index (χ0n) is 38.8. The summed E-state index contributed by atoms with van der Waals surface area (Å²) in [7, 11) is 0. The molecular formula is C54H56N6O7. The molecule has 0 saturated carbocycles. The van der Waals surface area contributed by atoms with Crippen molar-refractivity contribution in [3.05, 3.63) is 186 Å². The zero-order chi connectivity index (χ0) is 47.3. The average Bonchev–Trinajstić information content (AvgIpc) is 3.59. The smallest absolute Gasteiger partial charge is 0.313 e. The monoisotopic (exact) mass is 900 g/mol. The molecule has 2 amide bonds. The minimum Gasteiger partial charge on any atom is -0.502 e. The van der Waals surface area contributed by atoms with Gasteiger partial charge in [-0.25, -0.2) is 0 Å². The first-order chi connectivity index (χ1) is 32.2. The number of aryl methyl sites for hydroxylation is 4. The van der Waals surface area contributed by atoms with Crippen molar-refractivity contribution < 1.29 is 24.2 Å². The Morgan fingerprint density at radius 1 is 0.552 bits per heavy atom. The Kier molecular flexibility index (Phi) is 12.3. The fourth-order valence-electron chi connectivity index (χ4n) is 10.5. The van der Waals surface area contributed by atoms with Crippen LogP contribution in [0.3, 0.4) is 0 Å². The van der Waals surface area contributed by atoms with Crippen LogP contribution in [0.25, 0.3) is 0 Å². The largest absolute Gasteiger partial charge is 0.502 e. The second-order valence-corrected chi connectivity index (χ2v) is 18.8. The molecule has 1 N–H and O–H groups in total. The molecule has 4 aromatic carbocycles. The van der Waals surface area contributed by atoms with Crippen molar-refractivity contribution in [3.8, 4) is 11.5 Å². The molecule has 4 heterocycles. The molecule has 13 nitrogen and oxygen atoms in total.